The Morgan fingerprint density at radius 1 is 1.39 bits per heavy atom. The summed E-state index contributed by atoms with van der Waals surface area (Å²) in [6.07, 6.45) is 3.40. The predicted octanol–water partition coefficient (Wildman–Crippen LogP) is 2.44. The lowest BCUT2D eigenvalue weighted by Gasteiger charge is -2.09. The summed E-state index contributed by atoms with van der Waals surface area (Å²) in [6.45, 7) is 0.609. The number of nitrogens with two attached hydrogens (primary N) is 1. The smallest absolute Gasteiger partial charge is 0.213 e. The number of rotatable bonds is 4. The fraction of sp³-hybridized carbons (Fsp3) is 0.167. The standard InChI is InChI=1S/C12H13BrN4O/c1-18-11-4-8(2-3-15-11)6-16-12-10(14)5-9(13)7-17-12/h2-5,7H,6,14H2,1H3,(H,16,17). The summed E-state index contributed by atoms with van der Waals surface area (Å²) in [7, 11) is 1.59. The molecule has 3 N–H and O–H groups in total. The van der Waals surface area contributed by atoms with Crippen molar-refractivity contribution in [2.75, 3.05) is 18.2 Å². The van der Waals surface area contributed by atoms with E-state index in [0.717, 1.165) is 10.0 Å². The minimum Gasteiger partial charge on any atom is -0.481 e. The van der Waals surface area contributed by atoms with Crippen molar-refractivity contribution in [3.63, 3.8) is 0 Å². The van der Waals surface area contributed by atoms with Gasteiger partial charge in [-0.3, -0.25) is 0 Å². The molecule has 0 spiro atoms. The molecule has 94 valence electrons. The number of anilines is 2. The number of ether oxygens (including phenoxy) is 1. The maximum absolute atomic E-state index is 5.85. The van der Waals surface area contributed by atoms with Gasteiger partial charge in [0.1, 0.15) is 5.82 Å². The number of hydrogen-bond acceptors (Lipinski definition) is 5. The van der Waals surface area contributed by atoms with Crippen LogP contribution >= 0.6 is 15.9 Å². The van der Waals surface area contributed by atoms with Gasteiger partial charge in [0.05, 0.1) is 12.8 Å². The number of pyridine rings is 2. The Morgan fingerprint density at radius 2 is 2.22 bits per heavy atom. The Kier molecular flexibility index (Phi) is 3.99. The molecule has 0 bridgehead atoms. The third-order valence-corrected chi connectivity index (χ3v) is 2.79. The first-order chi connectivity index (χ1) is 8.69. The molecule has 2 rings (SSSR count). The summed E-state index contributed by atoms with van der Waals surface area (Å²) in [5, 5.41) is 3.17. The molecule has 0 aliphatic heterocycles. The van der Waals surface area contributed by atoms with Gasteiger partial charge in [0.15, 0.2) is 0 Å². The lowest BCUT2D eigenvalue weighted by atomic mass is 10.2. The van der Waals surface area contributed by atoms with Gasteiger partial charge in [-0.2, -0.15) is 0 Å². The topological polar surface area (TPSA) is 73.1 Å². The second-order valence-corrected chi connectivity index (χ2v) is 4.57. The lowest BCUT2D eigenvalue weighted by Crippen LogP contribution is -2.04. The van der Waals surface area contributed by atoms with E-state index in [4.69, 9.17) is 10.5 Å². The van der Waals surface area contributed by atoms with Gasteiger partial charge in [-0.25, -0.2) is 9.97 Å². The predicted molar refractivity (Wildman–Crippen MR) is 74.5 cm³/mol. The zero-order valence-electron chi connectivity index (χ0n) is 9.85. The van der Waals surface area contributed by atoms with Crippen molar-refractivity contribution in [2.24, 2.45) is 0 Å². The Hall–Kier alpha value is -1.82. The maximum atomic E-state index is 5.85. The Balaban J connectivity index is 2.06. The molecule has 2 aromatic rings. The molecule has 0 radical (unpaired) electrons. The van der Waals surface area contributed by atoms with Gasteiger partial charge in [-0.05, 0) is 33.6 Å². The molecule has 0 saturated carbocycles. The Morgan fingerprint density at radius 3 is 2.94 bits per heavy atom. The number of nitrogen functional groups attached to an aromatic ring is 1. The number of nitrogens with zero attached hydrogens (tertiary/aromatic N) is 2. The maximum Gasteiger partial charge on any atom is 0.213 e. The van der Waals surface area contributed by atoms with Gasteiger partial charge in [0.2, 0.25) is 5.88 Å². The van der Waals surface area contributed by atoms with Crippen LogP contribution in [0, 0.1) is 0 Å². The van der Waals surface area contributed by atoms with Crippen LogP contribution in [0.25, 0.3) is 0 Å². The third-order valence-electron chi connectivity index (χ3n) is 2.35. The average molecular weight is 309 g/mol. The van der Waals surface area contributed by atoms with E-state index >= 15 is 0 Å². The zero-order valence-corrected chi connectivity index (χ0v) is 11.4. The van der Waals surface area contributed by atoms with Crippen molar-refractivity contribution in [3.8, 4) is 5.88 Å². The van der Waals surface area contributed by atoms with Gasteiger partial charge in [-0.15, -0.1) is 0 Å². The highest BCUT2D eigenvalue weighted by molar-refractivity contribution is 9.10. The number of methoxy groups -OCH3 is 1. The molecule has 0 unspecified atom stereocenters. The molecule has 2 aromatic heterocycles. The summed E-state index contributed by atoms with van der Waals surface area (Å²) in [5.41, 5.74) is 7.50. The van der Waals surface area contributed by atoms with E-state index in [-0.39, 0.29) is 0 Å². The molecular formula is C12H13BrN4O. The van der Waals surface area contributed by atoms with Crippen LogP contribution in [0.1, 0.15) is 5.56 Å². The molecule has 0 aromatic carbocycles. The van der Waals surface area contributed by atoms with Crippen LogP contribution in [-0.2, 0) is 6.54 Å². The van der Waals surface area contributed by atoms with Crippen LogP contribution in [0.4, 0.5) is 11.5 Å². The highest BCUT2D eigenvalue weighted by Crippen LogP contribution is 2.20. The Bertz CT molecular complexity index is 547. The van der Waals surface area contributed by atoms with Crippen molar-refractivity contribution in [2.45, 2.75) is 6.54 Å². The average Bonchev–Trinajstić information content (AvgIpc) is 2.38. The Labute approximate surface area is 114 Å². The third kappa shape index (κ3) is 3.10. The van der Waals surface area contributed by atoms with Crippen LogP contribution in [0.2, 0.25) is 0 Å². The first-order valence-electron chi connectivity index (χ1n) is 5.33. The number of nitrogens with one attached hydrogen (secondary N) is 1. The monoisotopic (exact) mass is 308 g/mol. The van der Waals surface area contributed by atoms with Gasteiger partial charge >= 0.3 is 0 Å². The highest BCUT2D eigenvalue weighted by atomic mass is 79.9. The van der Waals surface area contributed by atoms with Crippen molar-refractivity contribution < 1.29 is 4.74 Å². The van der Waals surface area contributed by atoms with Crippen LogP contribution in [0.15, 0.2) is 35.1 Å². The molecule has 0 atom stereocenters. The normalized spacial score (nSPS) is 10.1. The summed E-state index contributed by atoms with van der Waals surface area (Å²) in [6, 6.07) is 5.58. The van der Waals surface area contributed by atoms with Crippen LogP contribution < -0.4 is 15.8 Å². The fourth-order valence-corrected chi connectivity index (χ4v) is 1.81. The number of aromatic nitrogens is 2. The molecule has 6 heteroatoms. The van der Waals surface area contributed by atoms with Gasteiger partial charge in [0.25, 0.3) is 0 Å². The minimum absolute atomic E-state index is 0.589. The van der Waals surface area contributed by atoms with E-state index < -0.39 is 0 Å². The zero-order chi connectivity index (χ0) is 13.0. The summed E-state index contributed by atoms with van der Waals surface area (Å²) >= 11 is 3.32. The molecule has 0 aliphatic rings. The van der Waals surface area contributed by atoms with Crippen LogP contribution in [0.5, 0.6) is 5.88 Å². The summed E-state index contributed by atoms with van der Waals surface area (Å²) < 4.78 is 5.92. The van der Waals surface area contributed by atoms with Crippen molar-refractivity contribution >= 4 is 27.4 Å². The van der Waals surface area contributed by atoms with Gasteiger partial charge in [0, 0.05) is 29.5 Å². The van der Waals surface area contributed by atoms with E-state index in [9.17, 15) is 0 Å². The second-order valence-electron chi connectivity index (χ2n) is 3.65. The van der Waals surface area contributed by atoms with E-state index in [1.54, 1.807) is 19.5 Å². The summed E-state index contributed by atoms with van der Waals surface area (Å²) in [5.74, 6) is 1.25. The largest absolute Gasteiger partial charge is 0.481 e. The van der Waals surface area contributed by atoms with E-state index in [1.165, 1.54) is 0 Å². The molecule has 2 heterocycles. The molecule has 18 heavy (non-hydrogen) atoms. The van der Waals surface area contributed by atoms with E-state index in [2.05, 4.69) is 31.2 Å². The quantitative estimate of drug-likeness (QED) is 0.907. The fourth-order valence-electron chi connectivity index (χ4n) is 1.46. The summed E-state index contributed by atoms with van der Waals surface area (Å²) in [4.78, 5) is 8.25. The minimum atomic E-state index is 0.589. The second kappa shape index (κ2) is 5.68. The molecule has 0 saturated heterocycles. The van der Waals surface area contributed by atoms with Gasteiger partial charge < -0.3 is 15.8 Å². The first-order valence-corrected chi connectivity index (χ1v) is 6.12. The van der Waals surface area contributed by atoms with E-state index in [1.807, 2.05) is 18.2 Å². The van der Waals surface area contributed by atoms with Crippen molar-refractivity contribution in [3.05, 3.63) is 40.6 Å². The first kappa shape index (κ1) is 12.6. The lowest BCUT2D eigenvalue weighted by molar-refractivity contribution is 0.397. The van der Waals surface area contributed by atoms with Crippen molar-refractivity contribution in [1.29, 1.82) is 0 Å². The highest BCUT2D eigenvalue weighted by Gasteiger charge is 2.02. The van der Waals surface area contributed by atoms with Crippen LogP contribution in [-0.4, -0.2) is 17.1 Å². The van der Waals surface area contributed by atoms with Crippen molar-refractivity contribution in [1.82, 2.24) is 9.97 Å². The van der Waals surface area contributed by atoms with Gasteiger partial charge in [-0.1, -0.05) is 0 Å². The number of hydrogen-bond donors (Lipinski definition) is 2. The number of halogens is 1. The molecule has 0 aliphatic carbocycles. The molecule has 0 fully saturated rings. The molecular weight excluding hydrogens is 296 g/mol. The van der Waals surface area contributed by atoms with E-state index in [0.29, 0.717) is 23.9 Å². The van der Waals surface area contributed by atoms with Crippen LogP contribution in [0.3, 0.4) is 0 Å². The SMILES string of the molecule is COc1cc(CNc2ncc(Br)cc2N)ccn1. The molecule has 0 amide bonds. The molecule has 5 nitrogen and oxygen atoms in total.